The van der Waals surface area contributed by atoms with Gasteiger partial charge in [-0.3, -0.25) is 5.84 Å². The molecule has 1 aliphatic rings. The average molecular weight is 254 g/mol. The molecule has 2 aromatic heterocycles. The van der Waals surface area contributed by atoms with Gasteiger partial charge >= 0.3 is 0 Å². The number of likely N-dealkylation sites (N-methyl/N-ethyl adjacent to an activating group) is 1. The number of hydrogen-bond donors (Lipinski definition) is 1. The molecule has 3 heterocycles. The summed E-state index contributed by atoms with van der Waals surface area (Å²) in [5, 5.41) is 3.22. The number of hydrazine groups is 1. The zero-order valence-electron chi connectivity index (χ0n) is 9.09. The first kappa shape index (κ1) is 10.6. The van der Waals surface area contributed by atoms with Crippen molar-refractivity contribution in [2.24, 2.45) is 5.84 Å². The summed E-state index contributed by atoms with van der Waals surface area (Å²) in [6.07, 6.45) is 1.94. The molecule has 16 heavy (non-hydrogen) atoms. The molecule has 0 amide bonds. The van der Waals surface area contributed by atoms with E-state index in [4.69, 9.17) is 5.84 Å². The fourth-order valence-corrected chi connectivity index (χ4v) is 4.07. The van der Waals surface area contributed by atoms with E-state index in [9.17, 15) is 0 Å². The second kappa shape index (κ2) is 4.05. The first-order chi connectivity index (χ1) is 7.74. The lowest BCUT2D eigenvalue weighted by molar-refractivity contribution is 0.0926. The molecule has 0 saturated carbocycles. The van der Waals surface area contributed by atoms with Crippen molar-refractivity contribution < 1.29 is 0 Å². The lowest BCUT2D eigenvalue weighted by Crippen LogP contribution is -2.49. The Hall–Kier alpha value is -0.530. The molecule has 6 heteroatoms. The first-order valence-corrected chi connectivity index (χ1v) is 6.87. The largest absolute Gasteiger partial charge is 0.303 e. The lowest BCUT2D eigenvalue weighted by Gasteiger charge is -2.36. The summed E-state index contributed by atoms with van der Waals surface area (Å²) in [7, 11) is 2.15. The average Bonchev–Trinajstić information content (AvgIpc) is 2.81. The summed E-state index contributed by atoms with van der Waals surface area (Å²) in [6, 6.07) is 2.57. The molecule has 1 fully saturated rings. The van der Waals surface area contributed by atoms with Crippen LogP contribution in [-0.4, -0.2) is 41.0 Å². The van der Waals surface area contributed by atoms with Crippen LogP contribution in [0.1, 0.15) is 10.9 Å². The molecule has 0 aliphatic carbocycles. The van der Waals surface area contributed by atoms with Crippen molar-refractivity contribution in [2.75, 3.05) is 26.7 Å². The van der Waals surface area contributed by atoms with E-state index in [-0.39, 0.29) is 0 Å². The van der Waals surface area contributed by atoms with Gasteiger partial charge in [0.25, 0.3) is 0 Å². The van der Waals surface area contributed by atoms with Crippen LogP contribution >= 0.6 is 22.9 Å². The van der Waals surface area contributed by atoms with Crippen LogP contribution in [-0.2, 0) is 0 Å². The van der Waals surface area contributed by atoms with Gasteiger partial charge in [0.05, 0.1) is 6.04 Å². The monoisotopic (exact) mass is 254 g/mol. The van der Waals surface area contributed by atoms with Crippen molar-refractivity contribution in [3.05, 3.63) is 17.1 Å². The van der Waals surface area contributed by atoms with Gasteiger partial charge in [-0.2, -0.15) is 4.37 Å². The third kappa shape index (κ3) is 1.76. The molecule has 1 unspecified atom stereocenters. The number of aromatic nitrogens is 1. The molecule has 0 aromatic carbocycles. The maximum atomic E-state index is 6.06. The van der Waals surface area contributed by atoms with Gasteiger partial charge < -0.3 is 4.90 Å². The predicted octanol–water partition coefficient (Wildman–Crippen LogP) is 1.52. The van der Waals surface area contributed by atoms with Crippen molar-refractivity contribution in [3.8, 4) is 0 Å². The van der Waals surface area contributed by atoms with E-state index in [0.29, 0.717) is 6.04 Å². The fraction of sp³-hybridized carbons (Fsp3) is 0.500. The zero-order valence-corrected chi connectivity index (χ0v) is 10.7. The van der Waals surface area contributed by atoms with Crippen LogP contribution in [0.2, 0.25) is 0 Å². The molecular weight excluding hydrogens is 240 g/mol. The quantitative estimate of drug-likeness (QED) is 0.784. The van der Waals surface area contributed by atoms with E-state index in [1.165, 1.54) is 14.3 Å². The van der Waals surface area contributed by atoms with E-state index in [0.717, 1.165) is 19.6 Å². The van der Waals surface area contributed by atoms with E-state index in [1.807, 2.05) is 22.5 Å². The highest BCUT2D eigenvalue weighted by molar-refractivity contribution is 7.36. The van der Waals surface area contributed by atoms with Gasteiger partial charge in [-0.05, 0) is 24.6 Å². The number of fused-ring (bicyclic) bond motifs is 1. The number of nitrogens with zero attached hydrogens (tertiary/aromatic N) is 3. The van der Waals surface area contributed by atoms with Gasteiger partial charge in [-0.1, -0.05) is 0 Å². The highest BCUT2D eigenvalue weighted by Gasteiger charge is 2.26. The molecule has 1 saturated heterocycles. The summed E-state index contributed by atoms with van der Waals surface area (Å²) in [4.78, 5) is 3.69. The minimum absolute atomic E-state index is 0.336. The Labute approximate surface area is 102 Å². The predicted molar refractivity (Wildman–Crippen MR) is 68.6 cm³/mol. The van der Waals surface area contributed by atoms with E-state index in [1.54, 1.807) is 11.5 Å². The van der Waals surface area contributed by atoms with Gasteiger partial charge in [-0.15, -0.1) is 11.3 Å². The summed E-state index contributed by atoms with van der Waals surface area (Å²) in [5.74, 6) is 6.06. The topological polar surface area (TPSA) is 45.4 Å². The van der Waals surface area contributed by atoms with Gasteiger partial charge in [-0.25, -0.2) is 5.01 Å². The van der Waals surface area contributed by atoms with Crippen LogP contribution in [0.25, 0.3) is 9.40 Å². The summed E-state index contributed by atoms with van der Waals surface area (Å²) >= 11 is 3.39. The van der Waals surface area contributed by atoms with Crippen molar-refractivity contribution in [2.45, 2.75) is 6.04 Å². The Morgan fingerprint density at radius 1 is 1.50 bits per heavy atom. The normalized spacial score (nSPS) is 24.2. The first-order valence-electron chi connectivity index (χ1n) is 5.28. The molecule has 0 bridgehead atoms. The summed E-state index contributed by atoms with van der Waals surface area (Å²) in [5.41, 5.74) is 0. The lowest BCUT2D eigenvalue weighted by atomic mass is 10.1. The number of piperazine rings is 1. The third-order valence-corrected chi connectivity index (χ3v) is 5.16. The van der Waals surface area contributed by atoms with Crippen LogP contribution < -0.4 is 5.84 Å². The molecule has 1 atom stereocenters. The number of nitrogens with two attached hydrogens (primary N) is 1. The molecule has 4 nitrogen and oxygen atoms in total. The summed E-state index contributed by atoms with van der Waals surface area (Å²) < 4.78 is 5.48. The van der Waals surface area contributed by atoms with Gasteiger partial charge in [0, 0.05) is 36.1 Å². The number of rotatable bonds is 1. The zero-order chi connectivity index (χ0) is 11.1. The summed E-state index contributed by atoms with van der Waals surface area (Å²) in [6.45, 7) is 3.00. The second-order valence-corrected chi connectivity index (χ2v) is 6.38. The Kier molecular flexibility index (Phi) is 2.68. The van der Waals surface area contributed by atoms with Crippen molar-refractivity contribution in [3.63, 3.8) is 0 Å². The third-order valence-electron chi connectivity index (χ3n) is 3.02. The molecule has 1 aliphatic heterocycles. The van der Waals surface area contributed by atoms with Crippen molar-refractivity contribution >= 4 is 32.3 Å². The Balaban J connectivity index is 1.93. The maximum absolute atomic E-state index is 6.06. The highest BCUT2D eigenvalue weighted by atomic mass is 32.2. The van der Waals surface area contributed by atoms with Gasteiger partial charge in [0.2, 0.25) is 0 Å². The van der Waals surface area contributed by atoms with Crippen LogP contribution in [0.5, 0.6) is 0 Å². The molecule has 86 valence electrons. The molecule has 3 rings (SSSR count). The van der Waals surface area contributed by atoms with Gasteiger partial charge in [0.15, 0.2) is 0 Å². The van der Waals surface area contributed by atoms with E-state index < -0.39 is 0 Å². The smallest absolute Gasteiger partial charge is 0.108 e. The van der Waals surface area contributed by atoms with E-state index >= 15 is 0 Å². The highest BCUT2D eigenvalue weighted by Crippen LogP contribution is 2.35. The minimum Gasteiger partial charge on any atom is -0.303 e. The molecular formula is C10H14N4S2. The van der Waals surface area contributed by atoms with Crippen LogP contribution in [0, 0.1) is 0 Å². The van der Waals surface area contributed by atoms with Crippen molar-refractivity contribution in [1.29, 1.82) is 0 Å². The van der Waals surface area contributed by atoms with Crippen LogP contribution in [0.3, 0.4) is 0 Å². The number of thiophene rings is 1. The van der Waals surface area contributed by atoms with Gasteiger partial charge in [0.1, 0.15) is 4.01 Å². The Morgan fingerprint density at radius 3 is 3.19 bits per heavy atom. The van der Waals surface area contributed by atoms with Crippen LogP contribution in [0.15, 0.2) is 12.3 Å². The standard InChI is InChI=1S/C10H14N4S2/c1-13-2-3-14(11)8(6-13)9-4-7-5-12-16-10(7)15-9/h4-5,8H,2-3,6,11H2,1H3. The fourth-order valence-electron chi connectivity index (χ4n) is 2.05. The number of hydrogen-bond acceptors (Lipinski definition) is 6. The molecule has 0 radical (unpaired) electrons. The second-order valence-electron chi connectivity index (χ2n) is 4.23. The maximum Gasteiger partial charge on any atom is 0.108 e. The Bertz CT molecular complexity index is 463. The Morgan fingerprint density at radius 2 is 2.38 bits per heavy atom. The van der Waals surface area contributed by atoms with Crippen molar-refractivity contribution in [1.82, 2.24) is 14.3 Å². The molecule has 2 N–H and O–H groups in total. The molecule has 2 aromatic rings. The minimum atomic E-state index is 0.336. The SMILES string of the molecule is CN1CCN(N)C(c2cc3cnsc3s2)C1. The molecule has 0 spiro atoms. The van der Waals surface area contributed by atoms with Crippen LogP contribution in [0.4, 0.5) is 0 Å². The van der Waals surface area contributed by atoms with E-state index in [2.05, 4.69) is 22.4 Å².